The van der Waals surface area contributed by atoms with Gasteiger partial charge in [-0.2, -0.15) is 0 Å². The highest BCUT2D eigenvalue weighted by atomic mass is 16.5. The molecular weight excluding hydrogens is 240 g/mol. The van der Waals surface area contributed by atoms with Crippen LogP contribution in [0.2, 0.25) is 0 Å². The summed E-state index contributed by atoms with van der Waals surface area (Å²) in [5.74, 6) is 0.312. The molecule has 1 N–H and O–H groups in total. The molecule has 2 saturated heterocycles. The van der Waals surface area contributed by atoms with Crippen LogP contribution in [0.4, 0.5) is 0 Å². The van der Waals surface area contributed by atoms with Crippen molar-refractivity contribution in [3.63, 3.8) is 0 Å². The fourth-order valence-corrected chi connectivity index (χ4v) is 2.98. The van der Waals surface area contributed by atoms with E-state index in [-0.39, 0.29) is 5.54 Å². The lowest BCUT2D eigenvalue weighted by Gasteiger charge is -2.39. The molecule has 2 aliphatic rings. The molecule has 2 rings (SSSR count). The Bertz CT molecular complexity index is 293. The molecule has 19 heavy (non-hydrogen) atoms. The number of nitrogens with one attached hydrogen (secondary N) is 1. The van der Waals surface area contributed by atoms with Gasteiger partial charge in [-0.05, 0) is 52.5 Å². The molecule has 1 atom stereocenters. The second kappa shape index (κ2) is 6.71. The molecule has 1 amide bonds. The number of amides is 1. The third-order valence-electron chi connectivity index (χ3n) is 4.78. The van der Waals surface area contributed by atoms with Crippen LogP contribution in [-0.2, 0) is 9.53 Å². The van der Waals surface area contributed by atoms with Crippen LogP contribution in [0.15, 0.2) is 0 Å². The van der Waals surface area contributed by atoms with Crippen molar-refractivity contribution in [3.8, 4) is 0 Å². The topological polar surface area (TPSA) is 41.6 Å². The van der Waals surface area contributed by atoms with Crippen LogP contribution in [0.1, 0.15) is 51.9 Å². The van der Waals surface area contributed by atoms with E-state index in [2.05, 4.69) is 12.2 Å². The maximum Gasteiger partial charge on any atom is 0.222 e. The SMILES string of the molecule is CNC1(C)CCN(C(=O)CCC2CCCCO2)CC1. The van der Waals surface area contributed by atoms with Gasteiger partial charge in [-0.15, -0.1) is 0 Å². The summed E-state index contributed by atoms with van der Waals surface area (Å²) in [6.07, 6.45) is 7.54. The highest BCUT2D eigenvalue weighted by molar-refractivity contribution is 5.76. The molecule has 110 valence electrons. The summed E-state index contributed by atoms with van der Waals surface area (Å²) in [4.78, 5) is 14.2. The Morgan fingerprint density at radius 2 is 2.11 bits per heavy atom. The lowest BCUT2D eigenvalue weighted by Crippen LogP contribution is -2.51. The average molecular weight is 268 g/mol. The number of carbonyl (C=O) groups excluding carboxylic acids is 1. The molecule has 4 nitrogen and oxygen atoms in total. The Morgan fingerprint density at radius 1 is 1.37 bits per heavy atom. The van der Waals surface area contributed by atoms with E-state index < -0.39 is 0 Å². The van der Waals surface area contributed by atoms with Crippen LogP contribution < -0.4 is 5.32 Å². The van der Waals surface area contributed by atoms with Gasteiger partial charge in [0.25, 0.3) is 0 Å². The minimum atomic E-state index is 0.212. The minimum absolute atomic E-state index is 0.212. The Balaban J connectivity index is 1.69. The largest absolute Gasteiger partial charge is 0.378 e. The predicted octanol–water partition coefficient (Wildman–Crippen LogP) is 1.94. The van der Waals surface area contributed by atoms with Gasteiger partial charge < -0.3 is 15.0 Å². The van der Waals surface area contributed by atoms with E-state index in [1.54, 1.807) is 0 Å². The zero-order valence-corrected chi connectivity index (χ0v) is 12.4. The fraction of sp³-hybridized carbons (Fsp3) is 0.933. The maximum absolute atomic E-state index is 12.2. The fourth-order valence-electron chi connectivity index (χ4n) is 2.98. The first kappa shape index (κ1) is 14.8. The van der Waals surface area contributed by atoms with Crippen molar-refractivity contribution < 1.29 is 9.53 Å². The van der Waals surface area contributed by atoms with Crippen LogP contribution >= 0.6 is 0 Å². The number of hydrogen-bond donors (Lipinski definition) is 1. The Labute approximate surface area is 116 Å². The molecule has 0 aromatic carbocycles. The highest BCUT2D eigenvalue weighted by Crippen LogP contribution is 2.23. The second-order valence-corrected chi connectivity index (χ2v) is 6.22. The van der Waals surface area contributed by atoms with Gasteiger partial charge in [0.2, 0.25) is 5.91 Å². The summed E-state index contributed by atoms with van der Waals surface area (Å²) in [6, 6.07) is 0. The average Bonchev–Trinajstić information content (AvgIpc) is 2.47. The molecule has 4 heteroatoms. The summed E-state index contributed by atoms with van der Waals surface area (Å²) >= 11 is 0. The zero-order valence-electron chi connectivity index (χ0n) is 12.4. The standard InChI is InChI=1S/C15H28N2O2/c1-15(16-2)8-10-17(11-9-15)14(18)7-6-13-5-3-4-12-19-13/h13,16H,3-12H2,1-2H3. The molecule has 2 heterocycles. The molecular formula is C15H28N2O2. The van der Waals surface area contributed by atoms with E-state index in [4.69, 9.17) is 4.74 Å². The molecule has 0 saturated carbocycles. The smallest absolute Gasteiger partial charge is 0.222 e. The van der Waals surface area contributed by atoms with Crippen LogP contribution in [-0.4, -0.2) is 49.2 Å². The molecule has 0 aliphatic carbocycles. The Hall–Kier alpha value is -0.610. The van der Waals surface area contributed by atoms with Crippen LogP contribution in [0.5, 0.6) is 0 Å². The molecule has 0 aromatic heterocycles. The molecule has 0 spiro atoms. The number of nitrogens with zero attached hydrogens (tertiary/aromatic N) is 1. The number of hydrogen-bond acceptors (Lipinski definition) is 3. The van der Waals surface area contributed by atoms with Gasteiger partial charge in [0.15, 0.2) is 0 Å². The summed E-state index contributed by atoms with van der Waals surface area (Å²) in [6.45, 7) is 4.90. The normalized spacial score (nSPS) is 27.3. The summed E-state index contributed by atoms with van der Waals surface area (Å²) in [5.41, 5.74) is 0.212. The third-order valence-corrected chi connectivity index (χ3v) is 4.78. The zero-order chi connectivity index (χ0) is 13.7. The Kier molecular flexibility index (Phi) is 5.22. The minimum Gasteiger partial charge on any atom is -0.378 e. The van der Waals surface area contributed by atoms with E-state index in [1.165, 1.54) is 12.8 Å². The number of likely N-dealkylation sites (tertiary alicyclic amines) is 1. The summed E-state index contributed by atoms with van der Waals surface area (Å²) in [7, 11) is 2.01. The molecule has 0 aromatic rings. The van der Waals surface area contributed by atoms with Crippen molar-refractivity contribution >= 4 is 5.91 Å². The highest BCUT2D eigenvalue weighted by Gasteiger charge is 2.30. The van der Waals surface area contributed by atoms with Crippen LogP contribution in [0.25, 0.3) is 0 Å². The van der Waals surface area contributed by atoms with Crippen molar-refractivity contribution in [3.05, 3.63) is 0 Å². The van der Waals surface area contributed by atoms with E-state index >= 15 is 0 Å². The molecule has 0 bridgehead atoms. The predicted molar refractivity (Wildman–Crippen MR) is 76.1 cm³/mol. The van der Waals surface area contributed by atoms with Gasteiger partial charge in [-0.3, -0.25) is 4.79 Å². The lowest BCUT2D eigenvalue weighted by atomic mass is 9.89. The van der Waals surface area contributed by atoms with E-state index in [0.29, 0.717) is 18.4 Å². The quantitative estimate of drug-likeness (QED) is 0.847. The van der Waals surface area contributed by atoms with Crippen LogP contribution in [0.3, 0.4) is 0 Å². The van der Waals surface area contributed by atoms with Gasteiger partial charge in [0.1, 0.15) is 0 Å². The van der Waals surface area contributed by atoms with Crippen molar-refractivity contribution in [1.82, 2.24) is 10.2 Å². The first-order valence-corrected chi connectivity index (χ1v) is 7.71. The van der Waals surface area contributed by atoms with Gasteiger partial charge in [-0.25, -0.2) is 0 Å². The van der Waals surface area contributed by atoms with Crippen molar-refractivity contribution in [2.45, 2.75) is 63.5 Å². The number of piperidine rings is 1. The third kappa shape index (κ3) is 4.18. The van der Waals surface area contributed by atoms with Crippen molar-refractivity contribution in [1.29, 1.82) is 0 Å². The maximum atomic E-state index is 12.2. The van der Waals surface area contributed by atoms with Gasteiger partial charge in [0.05, 0.1) is 6.10 Å². The lowest BCUT2D eigenvalue weighted by molar-refractivity contribution is -0.133. The first-order valence-electron chi connectivity index (χ1n) is 7.71. The Morgan fingerprint density at radius 3 is 2.68 bits per heavy atom. The number of rotatable bonds is 4. The summed E-state index contributed by atoms with van der Waals surface area (Å²) < 4.78 is 5.69. The summed E-state index contributed by atoms with van der Waals surface area (Å²) in [5, 5.41) is 3.37. The molecule has 1 unspecified atom stereocenters. The first-order chi connectivity index (χ1) is 9.13. The van der Waals surface area contributed by atoms with Crippen molar-refractivity contribution in [2.75, 3.05) is 26.7 Å². The van der Waals surface area contributed by atoms with Crippen molar-refractivity contribution in [2.24, 2.45) is 0 Å². The monoisotopic (exact) mass is 268 g/mol. The van der Waals surface area contributed by atoms with Gasteiger partial charge in [0, 0.05) is 31.7 Å². The van der Waals surface area contributed by atoms with Gasteiger partial charge >= 0.3 is 0 Å². The molecule has 2 fully saturated rings. The molecule has 0 radical (unpaired) electrons. The number of carbonyl (C=O) groups is 1. The van der Waals surface area contributed by atoms with E-state index in [1.807, 2.05) is 11.9 Å². The van der Waals surface area contributed by atoms with Gasteiger partial charge in [-0.1, -0.05) is 0 Å². The van der Waals surface area contributed by atoms with Crippen LogP contribution in [0, 0.1) is 0 Å². The van der Waals surface area contributed by atoms with E-state index in [0.717, 1.165) is 45.4 Å². The molecule has 2 aliphatic heterocycles. The second-order valence-electron chi connectivity index (χ2n) is 6.22. The van der Waals surface area contributed by atoms with E-state index in [9.17, 15) is 4.79 Å². The number of ether oxygens (including phenoxy) is 1.